The molecule has 4 nitrogen and oxygen atoms in total. The summed E-state index contributed by atoms with van der Waals surface area (Å²) >= 11 is 0. The molecule has 2 aromatic carbocycles. The largest absolute Gasteiger partial charge is 0.872 e. The van der Waals surface area contributed by atoms with E-state index in [9.17, 15) is 5.11 Å². The van der Waals surface area contributed by atoms with E-state index in [2.05, 4.69) is 105 Å². The molecule has 2 heterocycles. The quantitative estimate of drug-likeness (QED) is 0.338. The van der Waals surface area contributed by atoms with Gasteiger partial charge in [0.15, 0.2) is 0 Å². The Morgan fingerprint density at radius 1 is 0.857 bits per heavy atom. The van der Waals surface area contributed by atoms with Gasteiger partial charge in [-0.15, -0.1) is 5.75 Å². The molecule has 4 heteroatoms. The smallest absolute Gasteiger partial charge is 0.0544 e. The van der Waals surface area contributed by atoms with Gasteiger partial charge < -0.3 is 10.1 Å². The van der Waals surface area contributed by atoms with Crippen molar-refractivity contribution in [3.05, 3.63) is 94.9 Å². The van der Waals surface area contributed by atoms with E-state index < -0.39 is 0 Å². The Kier molecular flexibility index (Phi) is 7.05. The normalized spacial score (nSPS) is 12.5. The van der Waals surface area contributed by atoms with E-state index in [0.29, 0.717) is 13.1 Å². The molecule has 35 heavy (non-hydrogen) atoms. The van der Waals surface area contributed by atoms with Crippen molar-refractivity contribution in [1.82, 2.24) is 14.9 Å². The minimum Gasteiger partial charge on any atom is -0.872 e. The average molecular weight is 469 g/mol. The Hall–Kier alpha value is -3.11. The minimum atomic E-state index is -0.205. The lowest BCUT2D eigenvalue weighted by molar-refractivity contribution is -0.271. The summed E-state index contributed by atoms with van der Waals surface area (Å²) in [4.78, 5) is 10.3. The molecule has 0 radical (unpaired) electrons. The molecular weight excluding hydrogens is 430 g/mol. The van der Waals surface area contributed by atoms with Gasteiger partial charge in [-0.2, -0.15) is 0 Å². The van der Waals surface area contributed by atoms with Gasteiger partial charge in [-0.05, 0) is 57.7 Å². The third-order valence-electron chi connectivity index (χ3n) is 6.72. The molecule has 0 atom stereocenters. The Morgan fingerprint density at radius 2 is 1.60 bits per heavy atom. The van der Waals surface area contributed by atoms with Crippen molar-refractivity contribution < 1.29 is 5.11 Å². The fraction of sp³-hybridized carbons (Fsp3) is 0.387. The predicted molar refractivity (Wildman–Crippen MR) is 144 cm³/mol. The van der Waals surface area contributed by atoms with Crippen LogP contribution in [0.15, 0.2) is 67.0 Å². The van der Waals surface area contributed by atoms with Crippen molar-refractivity contribution in [2.45, 2.75) is 71.9 Å². The van der Waals surface area contributed by atoms with Crippen LogP contribution in [0.5, 0.6) is 5.75 Å². The van der Waals surface area contributed by atoms with Crippen molar-refractivity contribution >= 4 is 10.9 Å². The van der Waals surface area contributed by atoms with E-state index in [4.69, 9.17) is 0 Å². The molecule has 0 aliphatic carbocycles. The van der Waals surface area contributed by atoms with Gasteiger partial charge in [0, 0.05) is 42.9 Å². The van der Waals surface area contributed by atoms with E-state index >= 15 is 0 Å². The fourth-order valence-corrected chi connectivity index (χ4v) is 4.59. The highest BCUT2D eigenvalue weighted by Crippen LogP contribution is 2.37. The molecule has 1 N–H and O–H groups in total. The zero-order chi connectivity index (χ0) is 25.2. The number of H-pyrrole nitrogens is 1. The predicted octanol–water partition coefficient (Wildman–Crippen LogP) is 6.48. The first-order valence-electron chi connectivity index (χ1n) is 12.5. The van der Waals surface area contributed by atoms with Crippen LogP contribution in [0.3, 0.4) is 0 Å². The number of hydrogen-bond donors (Lipinski definition) is 1. The molecule has 0 fully saturated rings. The Bertz CT molecular complexity index is 1280. The van der Waals surface area contributed by atoms with Gasteiger partial charge in [-0.25, -0.2) is 0 Å². The number of benzene rings is 2. The second-order valence-electron chi connectivity index (χ2n) is 11.7. The molecule has 0 aliphatic heterocycles. The van der Waals surface area contributed by atoms with Crippen molar-refractivity contribution in [3.63, 3.8) is 0 Å². The number of fused-ring (bicyclic) bond motifs is 1. The monoisotopic (exact) mass is 468 g/mol. The lowest BCUT2D eigenvalue weighted by Gasteiger charge is -2.34. The van der Waals surface area contributed by atoms with Crippen molar-refractivity contribution in [2.75, 3.05) is 6.54 Å². The van der Waals surface area contributed by atoms with Gasteiger partial charge >= 0.3 is 0 Å². The van der Waals surface area contributed by atoms with E-state index in [-0.39, 0.29) is 16.6 Å². The highest BCUT2D eigenvalue weighted by molar-refractivity contribution is 5.83. The highest BCUT2D eigenvalue weighted by Gasteiger charge is 2.22. The topological polar surface area (TPSA) is 55.0 Å². The second-order valence-corrected chi connectivity index (χ2v) is 11.7. The van der Waals surface area contributed by atoms with Gasteiger partial charge in [0.05, 0.1) is 5.69 Å². The number of hydrogen-bond acceptors (Lipinski definition) is 3. The SMILES string of the molecule is CC(C)(C)c1cc(CN(CCc2c[nH]c3ccccc23)Cc2ccccn2)c([O-])c(C(C)(C)C)c1. The summed E-state index contributed by atoms with van der Waals surface area (Å²) in [6.45, 7) is 15.2. The van der Waals surface area contributed by atoms with Crippen LogP contribution in [-0.2, 0) is 30.3 Å². The van der Waals surface area contributed by atoms with Gasteiger partial charge in [-0.3, -0.25) is 9.88 Å². The maximum absolute atomic E-state index is 13.6. The van der Waals surface area contributed by atoms with Gasteiger partial charge in [0.25, 0.3) is 0 Å². The molecule has 4 rings (SSSR count). The summed E-state index contributed by atoms with van der Waals surface area (Å²) in [6.07, 6.45) is 4.85. The van der Waals surface area contributed by atoms with Gasteiger partial charge in [0.1, 0.15) is 0 Å². The van der Waals surface area contributed by atoms with Crippen LogP contribution in [0.2, 0.25) is 0 Å². The summed E-state index contributed by atoms with van der Waals surface area (Å²) in [6, 6.07) is 18.7. The summed E-state index contributed by atoms with van der Waals surface area (Å²) in [5.74, 6) is 0.170. The third-order valence-corrected chi connectivity index (χ3v) is 6.72. The highest BCUT2D eigenvalue weighted by atomic mass is 16.3. The van der Waals surface area contributed by atoms with Crippen LogP contribution in [0.1, 0.15) is 69.5 Å². The molecule has 0 aliphatic rings. The summed E-state index contributed by atoms with van der Waals surface area (Å²) in [5, 5.41) is 14.9. The van der Waals surface area contributed by atoms with Crippen LogP contribution < -0.4 is 5.11 Å². The Morgan fingerprint density at radius 3 is 2.29 bits per heavy atom. The first-order chi connectivity index (χ1) is 16.5. The molecular formula is C31H38N3O-. The first kappa shape index (κ1) is 25.0. The molecule has 2 aromatic heterocycles. The maximum atomic E-state index is 13.6. The second kappa shape index (κ2) is 9.87. The van der Waals surface area contributed by atoms with Crippen LogP contribution in [-0.4, -0.2) is 21.4 Å². The molecule has 4 aromatic rings. The number of rotatable bonds is 7. The number of nitrogens with zero attached hydrogens (tertiary/aromatic N) is 2. The van der Waals surface area contributed by atoms with E-state index in [1.54, 1.807) is 0 Å². The van der Waals surface area contributed by atoms with E-state index in [1.165, 1.54) is 16.5 Å². The lowest BCUT2D eigenvalue weighted by Crippen LogP contribution is -2.28. The van der Waals surface area contributed by atoms with Gasteiger partial charge in [0.2, 0.25) is 0 Å². The fourth-order valence-electron chi connectivity index (χ4n) is 4.59. The summed E-state index contributed by atoms with van der Waals surface area (Å²) in [7, 11) is 0. The first-order valence-corrected chi connectivity index (χ1v) is 12.5. The molecule has 0 amide bonds. The van der Waals surface area contributed by atoms with Crippen molar-refractivity contribution in [3.8, 4) is 5.75 Å². The zero-order valence-corrected chi connectivity index (χ0v) is 22.0. The Balaban J connectivity index is 1.67. The van der Waals surface area contributed by atoms with Crippen LogP contribution in [0, 0.1) is 0 Å². The van der Waals surface area contributed by atoms with Crippen molar-refractivity contribution in [2.24, 2.45) is 0 Å². The average Bonchev–Trinajstić information content (AvgIpc) is 3.21. The third kappa shape index (κ3) is 5.94. The van der Waals surface area contributed by atoms with Crippen LogP contribution in [0.25, 0.3) is 10.9 Å². The molecule has 0 saturated carbocycles. The molecule has 0 unspecified atom stereocenters. The number of para-hydroxylation sites is 1. The number of nitrogens with one attached hydrogen (secondary N) is 1. The van der Waals surface area contributed by atoms with E-state index in [0.717, 1.165) is 35.3 Å². The van der Waals surface area contributed by atoms with Gasteiger partial charge in [-0.1, -0.05) is 77.9 Å². The zero-order valence-electron chi connectivity index (χ0n) is 22.0. The van der Waals surface area contributed by atoms with Crippen molar-refractivity contribution in [1.29, 1.82) is 0 Å². The minimum absolute atomic E-state index is 0.0295. The summed E-state index contributed by atoms with van der Waals surface area (Å²) in [5.41, 5.74) is 6.22. The molecule has 184 valence electrons. The lowest BCUT2D eigenvalue weighted by atomic mass is 9.79. The number of aromatic nitrogens is 2. The van der Waals surface area contributed by atoms with E-state index in [1.807, 2.05) is 18.3 Å². The standard InChI is InChI=1S/C31H39N3O/c1-30(2,3)24-17-23(29(35)27(18-24)31(4,5)6)20-34(21-25-11-9-10-15-32-25)16-14-22-19-33-28-13-8-7-12-26(22)28/h7-13,15,17-19,33,35H,14,16,20-21H2,1-6H3/p-1. The molecule has 0 bridgehead atoms. The van der Waals surface area contributed by atoms with Crippen LogP contribution >= 0.6 is 0 Å². The maximum Gasteiger partial charge on any atom is 0.0544 e. The summed E-state index contributed by atoms with van der Waals surface area (Å²) < 4.78 is 0. The number of pyridine rings is 1. The molecule has 0 spiro atoms. The molecule has 0 saturated heterocycles. The van der Waals surface area contributed by atoms with Crippen LogP contribution in [0.4, 0.5) is 0 Å². The number of aromatic amines is 1. The Labute approximate surface area is 210 Å².